The van der Waals surface area contributed by atoms with Crippen molar-refractivity contribution in [2.24, 2.45) is 0 Å². The third-order valence-electron chi connectivity index (χ3n) is 5.25. The molecular weight excluding hydrogens is 324 g/mol. The monoisotopic (exact) mass is 358 g/mol. The summed E-state index contributed by atoms with van der Waals surface area (Å²) in [5.41, 5.74) is 2.25. The number of hydrogen-bond donors (Lipinski definition) is 2. The van der Waals surface area contributed by atoms with Crippen molar-refractivity contribution in [2.45, 2.75) is 89.4 Å². The minimum atomic E-state index is -0.423. The minimum absolute atomic E-state index is 0.203. The fourth-order valence-electron chi connectivity index (χ4n) is 3.77. The van der Waals surface area contributed by atoms with Gasteiger partial charge in [0.25, 0.3) is 0 Å². The van der Waals surface area contributed by atoms with Crippen molar-refractivity contribution in [2.75, 3.05) is 6.54 Å². The molecule has 3 rings (SSSR count). The van der Waals surface area contributed by atoms with Gasteiger partial charge in [0.1, 0.15) is 5.60 Å². The zero-order valence-electron chi connectivity index (χ0n) is 16.5. The largest absolute Gasteiger partial charge is 0.459 e. The molecule has 4 heteroatoms. The molecule has 1 aromatic carbocycles. The summed E-state index contributed by atoms with van der Waals surface area (Å²) >= 11 is 0. The number of carbonyl (C=O) groups is 1. The molecule has 0 unspecified atom stereocenters. The van der Waals surface area contributed by atoms with Crippen LogP contribution in [0.4, 0.5) is 0 Å². The van der Waals surface area contributed by atoms with Crippen LogP contribution in [0.5, 0.6) is 0 Å². The number of rotatable bonds is 7. The molecule has 4 nitrogen and oxygen atoms in total. The first-order valence-electron chi connectivity index (χ1n) is 10.2. The molecule has 0 amide bonds. The number of esters is 1. The molecule has 0 heterocycles. The molecule has 0 spiro atoms. The van der Waals surface area contributed by atoms with E-state index < -0.39 is 5.60 Å². The van der Waals surface area contributed by atoms with E-state index in [4.69, 9.17) is 4.74 Å². The van der Waals surface area contributed by atoms with Crippen molar-refractivity contribution in [1.29, 1.82) is 0 Å². The van der Waals surface area contributed by atoms with Crippen LogP contribution in [-0.2, 0) is 16.1 Å². The number of nitrogens with one attached hydrogen (secondary N) is 2. The fraction of sp³-hybridized carbons (Fsp3) is 0.682. The minimum Gasteiger partial charge on any atom is -0.459 e. The van der Waals surface area contributed by atoms with Gasteiger partial charge in [0.05, 0.1) is 6.54 Å². The average molecular weight is 359 g/mol. The standard InChI is InChI=1S/C22H34N2O2/c1-22(2,3)26-21(25)15-23-14-16-4-6-17(7-5-16)18-8-10-19(11-9-18)24-20-12-13-20/h4-7,18-20,23-24H,8-15H2,1-3H3. The Morgan fingerprint density at radius 2 is 1.58 bits per heavy atom. The lowest BCUT2D eigenvalue weighted by Crippen LogP contribution is -2.34. The van der Waals surface area contributed by atoms with Gasteiger partial charge in [-0.1, -0.05) is 24.3 Å². The SMILES string of the molecule is CC(C)(C)OC(=O)CNCc1ccc(C2CCC(NC3CC3)CC2)cc1. The first-order valence-corrected chi connectivity index (χ1v) is 10.2. The van der Waals surface area contributed by atoms with Crippen LogP contribution in [-0.4, -0.2) is 30.2 Å². The predicted octanol–water partition coefficient (Wildman–Crippen LogP) is 3.90. The molecule has 0 aromatic heterocycles. The van der Waals surface area contributed by atoms with Crippen molar-refractivity contribution >= 4 is 5.97 Å². The summed E-state index contributed by atoms with van der Waals surface area (Å²) < 4.78 is 5.30. The van der Waals surface area contributed by atoms with Crippen LogP contribution in [0.3, 0.4) is 0 Å². The Balaban J connectivity index is 1.39. The summed E-state index contributed by atoms with van der Waals surface area (Å²) in [6.07, 6.45) is 7.95. The smallest absolute Gasteiger partial charge is 0.320 e. The molecule has 2 N–H and O–H groups in total. The molecule has 2 aliphatic rings. The summed E-state index contributed by atoms with van der Waals surface area (Å²) in [6.45, 7) is 6.60. The van der Waals surface area contributed by atoms with Gasteiger partial charge in [-0.3, -0.25) is 4.79 Å². The maximum absolute atomic E-state index is 11.7. The molecule has 26 heavy (non-hydrogen) atoms. The van der Waals surface area contributed by atoms with E-state index >= 15 is 0 Å². The lowest BCUT2D eigenvalue weighted by atomic mass is 9.81. The van der Waals surface area contributed by atoms with E-state index in [0.717, 1.165) is 12.1 Å². The molecule has 0 bridgehead atoms. The number of hydrogen-bond acceptors (Lipinski definition) is 4. The highest BCUT2D eigenvalue weighted by molar-refractivity contribution is 5.72. The molecule has 2 saturated carbocycles. The molecule has 0 radical (unpaired) electrons. The van der Waals surface area contributed by atoms with Gasteiger partial charge in [0, 0.05) is 18.6 Å². The van der Waals surface area contributed by atoms with E-state index in [1.165, 1.54) is 49.7 Å². The molecule has 1 aromatic rings. The molecule has 0 aliphatic heterocycles. The lowest BCUT2D eigenvalue weighted by Gasteiger charge is -2.29. The van der Waals surface area contributed by atoms with Gasteiger partial charge in [-0.25, -0.2) is 0 Å². The Kier molecular flexibility index (Phi) is 6.36. The van der Waals surface area contributed by atoms with Crippen LogP contribution in [0, 0.1) is 0 Å². The average Bonchev–Trinajstić information content (AvgIpc) is 3.39. The fourth-order valence-corrected chi connectivity index (χ4v) is 3.77. The van der Waals surface area contributed by atoms with E-state index in [9.17, 15) is 4.79 Å². The highest BCUT2D eigenvalue weighted by Gasteiger charge is 2.28. The summed E-state index contributed by atoms with van der Waals surface area (Å²) in [7, 11) is 0. The van der Waals surface area contributed by atoms with Crippen molar-refractivity contribution < 1.29 is 9.53 Å². The second kappa shape index (κ2) is 8.53. The second-order valence-electron chi connectivity index (χ2n) is 8.92. The van der Waals surface area contributed by atoms with Gasteiger partial charge in [0.2, 0.25) is 0 Å². The van der Waals surface area contributed by atoms with E-state index in [1.807, 2.05) is 20.8 Å². The Labute approximate surface area is 158 Å². The van der Waals surface area contributed by atoms with Crippen LogP contribution < -0.4 is 10.6 Å². The topological polar surface area (TPSA) is 50.4 Å². The van der Waals surface area contributed by atoms with Crippen LogP contribution in [0.15, 0.2) is 24.3 Å². The third-order valence-corrected chi connectivity index (χ3v) is 5.25. The number of ether oxygens (including phenoxy) is 1. The highest BCUT2D eigenvalue weighted by Crippen LogP contribution is 2.34. The van der Waals surface area contributed by atoms with E-state index in [0.29, 0.717) is 12.5 Å². The van der Waals surface area contributed by atoms with Gasteiger partial charge >= 0.3 is 5.97 Å². The molecule has 0 saturated heterocycles. The summed E-state index contributed by atoms with van der Waals surface area (Å²) in [5, 5.41) is 6.94. The van der Waals surface area contributed by atoms with E-state index in [2.05, 4.69) is 34.9 Å². The van der Waals surface area contributed by atoms with Crippen LogP contribution in [0.2, 0.25) is 0 Å². The van der Waals surface area contributed by atoms with Crippen LogP contribution in [0.1, 0.15) is 76.3 Å². The predicted molar refractivity (Wildman–Crippen MR) is 105 cm³/mol. The Bertz CT molecular complexity index is 579. The zero-order valence-corrected chi connectivity index (χ0v) is 16.5. The molecule has 144 valence electrons. The Morgan fingerprint density at radius 1 is 1.00 bits per heavy atom. The Morgan fingerprint density at radius 3 is 2.12 bits per heavy atom. The molecular formula is C22H34N2O2. The summed E-state index contributed by atoms with van der Waals surface area (Å²) in [5.74, 6) is 0.502. The third kappa shape index (κ3) is 6.40. The van der Waals surface area contributed by atoms with Crippen molar-refractivity contribution in [3.63, 3.8) is 0 Å². The van der Waals surface area contributed by atoms with Gasteiger partial charge in [-0.05, 0) is 76.3 Å². The normalized spacial score (nSPS) is 23.7. The van der Waals surface area contributed by atoms with Gasteiger partial charge in [0.15, 0.2) is 0 Å². The highest BCUT2D eigenvalue weighted by atomic mass is 16.6. The quantitative estimate of drug-likeness (QED) is 0.726. The van der Waals surface area contributed by atoms with Crippen LogP contribution >= 0.6 is 0 Å². The molecule has 2 aliphatic carbocycles. The summed E-state index contributed by atoms with van der Waals surface area (Å²) in [4.78, 5) is 11.7. The van der Waals surface area contributed by atoms with Gasteiger partial charge in [-0.15, -0.1) is 0 Å². The van der Waals surface area contributed by atoms with Gasteiger partial charge in [-0.2, -0.15) is 0 Å². The first kappa shape index (κ1) is 19.4. The first-order chi connectivity index (χ1) is 12.4. The molecule has 0 atom stereocenters. The van der Waals surface area contributed by atoms with Crippen molar-refractivity contribution in [1.82, 2.24) is 10.6 Å². The Hall–Kier alpha value is -1.39. The molecule has 2 fully saturated rings. The number of carbonyl (C=O) groups excluding carboxylic acids is 1. The lowest BCUT2D eigenvalue weighted by molar-refractivity contribution is -0.153. The van der Waals surface area contributed by atoms with E-state index in [-0.39, 0.29) is 12.5 Å². The maximum Gasteiger partial charge on any atom is 0.320 e. The number of benzene rings is 1. The van der Waals surface area contributed by atoms with Crippen LogP contribution in [0.25, 0.3) is 0 Å². The van der Waals surface area contributed by atoms with E-state index in [1.54, 1.807) is 0 Å². The van der Waals surface area contributed by atoms with Gasteiger partial charge < -0.3 is 15.4 Å². The zero-order chi connectivity index (χ0) is 18.6. The second-order valence-corrected chi connectivity index (χ2v) is 8.92. The summed E-state index contributed by atoms with van der Waals surface area (Å²) in [6, 6.07) is 10.5. The van der Waals surface area contributed by atoms with Crippen molar-refractivity contribution in [3.05, 3.63) is 35.4 Å². The van der Waals surface area contributed by atoms with Crippen molar-refractivity contribution in [3.8, 4) is 0 Å². The maximum atomic E-state index is 11.7.